The first-order valence-electron chi connectivity index (χ1n) is 22.3. The summed E-state index contributed by atoms with van der Waals surface area (Å²) in [5, 5.41) is 11.6. The fourth-order valence-electron chi connectivity index (χ4n) is 6.17. The Hall–Kier alpha value is -2.97. The van der Waals surface area contributed by atoms with Crippen LogP contribution in [0, 0.1) is 0 Å². The highest BCUT2D eigenvalue weighted by molar-refractivity contribution is 5.70. The first-order valence-corrected chi connectivity index (χ1v) is 22.3. The van der Waals surface area contributed by atoms with Crippen molar-refractivity contribution in [2.45, 2.75) is 187 Å². The molecule has 322 valence electrons. The van der Waals surface area contributed by atoms with Crippen molar-refractivity contribution in [1.29, 1.82) is 0 Å². The van der Waals surface area contributed by atoms with Gasteiger partial charge in [-0.3, -0.25) is 9.59 Å². The van der Waals surface area contributed by atoms with Crippen LogP contribution in [0.1, 0.15) is 174 Å². The van der Waals surface area contributed by atoms with E-state index in [1.54, 1.807) is 21.1 Å². The summed E-state index contributed by atoms with van der Waals surface area (Å²) in [7, 11) is 5.38. The maximum Gasteiger partial charge on any atom is 0.306 e. The number of ether oxygens (including phenoxy) is 3. The largest absolute Gasteiger partial charge is 0.544 e. The minimum atomic E-state index is -1.13. The third-order valence-corrected chi connectivity index (χ3v) is 9.64. The van der Waals surface area contributed by atoms with Crippen molar-refractivity contribution in [3.8, 4) is 0 Å². The number of carbonyl (C=O) groups is 3. The molecule has 0 aromatic heterocycles. The van der Waals surface area contributed by atoms with Crippen LogP contribution in [-0.4, -0.2) is 75.5 Å². The molecule has 56 heavy (non-hydrogen) atoms. The summed E-state index contributed by atoms with van der Waals surface area (Å²) in [5.74, 6) is -1.80. The van der Waals surface area contributed by atoms with Crippen LogP contribution in [0.5, 0.6) is 0 Å². The zero-order valence-electron chi connectivity index (χ0n) is 36.5. The van der Waals surface area contributed by atoms with Crippen molar-refractivity contribution in [3.05, 3.63) is 60.8 Å². The number of carboxylic acid groups (broad SMARTS) is 1. The van der Waals surface area contributed by atoms with E-state index in [0.29, 0.717) is 12.8 Å². The number of hydrogen-bond acceptors (Lipinski definition) is 7. The lowest BCUT2D eigenvalue weighted by Crippen LogP contribution is -2.55. The van der Waals surface area contributed by atoms with Gasteiger partial charge in [-0.05, 0) is 77.0 Å². The molecular formula is C48H83NO7. The Morgan fingerprint density at radius 3 is 1.54 bits per heavy atom. The van der Waals surface area contributed by atoms with Crippen molar-refractivity contribution in [2.75, 3.05) is 41.0 Å². The normalized spacial score (nSPS) is 13.5. The topological polar surface area (TPSA) is 102 Å². The standard InChI is InChI=1S/C48H83NO7/c1-6-8-10-12-14-16-18-20-22-23-25-26-28-30-32-34-36-38-46(50)55-43-44(42-54-41-40-45(48(52)53)49(3,4)5)56-47(51)39-37-35-33-31-29-27-24-21-19-17-15-13-11-9-7-2/h9,11,15,17,20-22,24,29,31,44-45H,6-8,10,12-14,16,18-19,23,25-28,30,32-43H2,1-5H3/b11-9-,17-15-,22-20-,24-21-,31-29-. The Bertz CT molecular complexity index is 1100. The Balaban J connectivity index is 4.41. The van der Waals surface area contributed by atoms with Gasteiger partial charge < -0.3 is 28.6 Å². The minimum Gasteiger partial charge on any atom is -0.544 e. The maximum atomic E-state index is 12.7. The fourth-order valence-corrected chi connectivity index (χ4v) is 6.17. The highest BCUT2D eigenvalue weighted by Gasteiger charge is 2.25. The summed E-state index contributed by atoms with van der Waals surface area (Å²) in [6, 6.07) is -0.735. The average molecular weight is 786 g/mol. The van der Waals surface area contributed by atoms with Crippen molar-refractivity contribution < 1.29 is 38.2 Å². The molecule has 0 aromatic carbocycles. The van der Waals surface area contributed by atoms with Gasteiger partial charge in [0.05, 0.1) is 40.3 Å². The average Bonchev–Trinajstić information content (AvgIpc) is 3.15. The molecule has 0 rings (SSSR count). The monoisotopic (exact) mass is 786 g/mol. The third kappa shape index (κ3) is 36.7. The lowest BCUT2D eigenvalue weighted by molar-refractivity contribution is -0.889. The summed E-state index contributed by atoms with van der Waals surface area (Å²) in [6.45, 7) is 4.49. The van der Waals surface area contributed by atoms with Crippen molar-refractivity contribution in [1.82, 2.24) is 0 Å². The summed E-state index contributed by atoms with van der Waals surface area (Å²) in [4.78, 5) is 36.8. The maximum absolute atomic E-state index is 12.7. The second kappa shape index (κ2) is 38.9. The smallest absolute Gasteiger partial charge is 0.306 e. The van der Waals surface area contributed by atoms with E-state index in [-0.39, 0.29) is 49.1 Å². The SMILES string of the molecule is CC/C=C\C/C=C\C/C=C\C/C=C\CCCCC(=O)OC(COCCC(C(=O)[O-])[N+](C)(C)C)COC(=O)CCCCCCCCC/C=C\CCCCCCCC. The Morgan fingerprint density at radius 1 is 0.554 bits per heavy atom. The molecule has 2 unspecified atom stereocenters. The van der Waals surface area contributed by atoms with E-state index < -0.39 is 18.1 Å². The van der Waals surface area contributed by atoms with Crippen LogP contribution in [0.25, 0.3) is 0 Å². The lowest BCUT2D eigenvalue weighted by atomic mass is 10.1. The molecule has 8 heteroatoms. The molecule has 2 atom stereocenters. The second-order valence-corrected chi connectivity index (χ2v) is 15.9. The van der Waals surface area contributed by atoms with Crippen molar-refractivity contribution in [2.24, 2.45) is 0 Å². The molecule has 8 nitrogen and oxygen atoms in total. The molecule has 0 radical (unpaired) electrons. The zero-order valence-corrected chi connectivity index (χ0v) is 36.5. The van der Waals surface area contributed by atoms with Crippen LogP contribution in [0.2, 0.25) is 0 Å². The number of allylic oxidation sites excluding steroid dienone is 10. The molecule has 0 bridgehead atoms. The number of quaternary nitrogens is 1. The number of rotatable bonds is 39. The summed E-state index contributed by atoms with van der Waals surface area (Å²) in [6.07, 6.45) is 46.8. The van der Waals surface area contributed by atoms with Gasteiger partial charge in [-0.25, -0.2) is 0 Å². The van der Waals surface area contributed by atoms with Gasteiger partial charge in [0.2, 0.25) is 0 Å². The van der Waals surface area contributed by atoms with Gasteiger partial charge in [0.15, 0.2) is 6.10 Å². The van der Waals surface area contributed by atoms with Crippen LogP contribution in [0.4, 0.5) is 0 Å². The quantitative estimate of drug-likeness (QED) is 0.0265. The summed E-state index contributed by atoms with van der Waals surface area (Å²) >= 11 is 0. The molecule has 0 amide bonds. The minimum absolute atomic E-state index is 0.0206. The highest BCUT2D eigenvalue weighted by Crippen LogP contribution is 2.13. The van der Waals surface area contributed by atoms with Crippen LogP contribution in [0.3, 0.4) is 0 Å². The lowest BCUT2D eigenvalue weighted by Gasteiger charge is -2.34. The molecule has 0 saturated heterocycles. The van der Waals surface area contributed by atoms with Gasteiger partial charge in [0.1, 0.15) is 12.6 Å². The van der Waals surface area contributed by atoms with Gasteiger partial charge in [-0.15, -0.1) is 0 Å². The number of hydrogen-bond donors (Lipinski definition) is 0. The van der Waals surface area contributed by atoms with Gasteiger partial charge in [-0.1, -0.05) is 139 Å². The predicted octanol–water partition coefficient (Wildman–Crippen LogP) is 10.9. The zero-order chi connectivity index (χ0) is 41.4. The van der Waals surface area contributed by atoms with E-state index in [1.165, 1.54) is 77.0 Å². The number of nitrogens with zero attached hydrogens (tertiary/aromatic N) is 1. The molecular weight excluding hydrogens is 703 g/mol. The number of esters is 2. The predicted molar refractivity (Wildman–Crippen MR) is 231 cm³/mol. The number of carboxylic acids is 1. The third-order valence-electron chi connectivity index (χ3n) is 9.64. The fraction of sp³-hybridized carbons (Fsp3) is 0.729. The Kier molecular flexibility index (Phi) is 36.8. The second-order valence-electron chi connectivity index (χ2n) is 15.9. The number of likely N-dealkylation sites (N-methyl/N-ethyl adjacent to an activating group) is 1. The molecule has 0 spiro atoms. The molecule has 0 aliphatic rings. The van der Waals surface area contributed by atoms with Crippen LogP contribution in [-0.2, 0) is 28.6 Å². The van der Waals surface area contributed by atoms with Crippen molar-refractivity contribution in [3.63, 3.8) is 0 Å². The first kappa shape index (κ1) is 53.0. The van der Waals surface area contributed by atoms with E-state index in [4.69, 9.17) is 14.2 Å². The first-order chi connectivity index (χ1) is 27.1. The van der Waals surface area contributed by atoms with Gasteiger partial charge >= 0.3 is 11.9 Å². The molecule has 0 N–H and O–H groups in total. The van der Waals surface area contributed by atoms with Crippen LogP contribution in [0.15, 0.2) is 60.8 Å². The highest BCUT2D eigenvalue weighted by atomic mass is 16.6. The Morgan fingerprint density at radius 2 is 1.00 bits per heavy atom. The summed E-state index contributed by atoms with van der Waals surface area (Å²) in [5.41, 5.74) is 0. The molecule has 0 aliphatic heterocycles. The van der Waals surface area contributed by atoms with E-state index in [1.807, 2.05) is 0 Å². The number of unbranched alkanes of at least 4 members (excludes halogenated alkanes) is 15. The van der Waals surface area contributed by atoms with E-state index in [9.17, 15) is 19.5 Å². The molecule has 0 saturated carbocycles. The molecule has 0 aromatic rings. The molecule has 0 heterocycles. The van der Waals surface area contributed by atoms with Crippen LogP contribution >= 0.6 is 0 Å². The van der Waals surface area contributed by atoms with Crippen molar-refractivity contribution >= 4 is 17.9 Å². The summed E-state index contributed by atoms with van der Waals surface area (Å²) < 4.78 is 17.1. The van der Waals surface area contributed by atoms with Crippen LogP contribution < -0.4 is 5.11 Å². The van der Waals surface area contributed by atoms with Gasteiger partial charge in [0, 0.05) is 19.3 Å². The molecule has 0 fully saturated rings. The van der Waals surface area contributed by atoms with Gasteiger partial charge in [0.25, 0.3) is 0 Å². The number of aliphatic carboxylic acids is 1. The van der Waals surface area contributed by atoms with E-state index >= 15 is 0 Å². The number of carbonyl (C=O) groups excluding carboxylic acids is 3. The van der Waals surface area contributed by atoms with E-state index in [2.05, 4.69) is 74.6 Å². The van der Waals surface area contributed by atoms with Gasteiger partial charge in [-0.2, -0.15) is 0 Å². The van der Waals surface area contributed by atoms with E-state index in [0.717, 1.165) is 57.8 Å². The Labute approximate surface area is 343 Å². The molecule has 0 aliphatic carbocycles.